The molecule has 2 aliphatic rings. The van der Waals surface area contributed by atoms with Crippen molar-refractivity contribution >= 4 is 5.78 Å². The first-order valence-corrected chi connectivity index (χ1v) is 8.26. The third-order valence-corrected chi connectivity index (χ3v) is 4.11. The molecule has 0 bridgehead atoms. The Labute approximate surface area is 194 Å². The molecule has 1 aliphatic heterocycles. The van der Waals surface area contributed by atoms with Gasteiger partial charge in [0.05, 0.1) is 23.8 Å². The van der Waals surface area contributed by atoms with Crippen molar-refractivity contribution in [2.75, 3.05) is 27.2 Å². The van der Waals surface area contributed by atoms with E-state index in [1.54, 1.807) is 0 Å². The second-order valence-electron chi connectivity index (χ2n) is 5.86. The molecular formula is C24H29NO3. The number of likely N-dealkylation sites (tertiary alicyclic amines) is 1. The number of ether oxygens (including phenoxy) is 2. The van der Waals surface area contributed by atoms with E-state index in [-0.39, 0.29) is 17.1 Å². The van der Waals surface area contributed by atoms with Crippen LogP contribution in [0.4, 0.5) is 0 Å². The fourth-order valence-corrected chi connectivity index (χ4v) is 2.81. The first kappa shape index (κ1) is 6.88. The summed E-state index contributed by atoms with van der Waals surface area (Å²) in [6, 6.07) is -6.73. The zero-order chi connectivity index (χ0) is 36.4. The minimum absolute atomic E-state index is 0.252. The summed E-state index contributed by atoms with van der Waals surface area (Å²) in [5.74, 6) is -8.40. The largest absolute Gasteiger partial charge is 0.493 e. The Morgan fingerprint density at radius 3 is 2.54 bits per heavy atom. The van der Waals surface area contributed by atoms with Crippen LogP contribution < -0.4 is 9.47 Å². The third-order valence-electron chi connectivity index (χ3n) is 4.11. The second kappa shape index (κ2) is 8.36. The van der Waals surface area contributed by atoms with Crippen molar-refractivity contribution in [2.45, 2.75) is 32.1 Å². The van der Waals surface area contributed by atoms with Gasteiger partial charge in [-0.3, -0.25) is 9.69 Å². The Morgan fingerprint density at radius 1 is 1.18 bits per heavy atom. The van der Waals surface area contributed by atoms with Crippen molar-refractivity contribution in [3.63, 3.8) is 0 Å². The molecule has 1 heterocycles. The molecule has 1 atom stereocenters. The van der Waals surface area contributed by atoms with E-state index in [9.17, 15) is 4.79 Å². The van der Waals surface area contributed by atoms with Gasteiger partial charge in [-0.2, -0.15) is 0 Å². The van der Waals surface area contributed by atoms with Crippen LogP contribution >= 0.6 is 0 Å². The number of piperidine rings is 1. The number of methoxy groups -OCH3 is 2. The maximum absolute atomic E-state index is 13.7. The van der Waals surface area contributed by atoms with Gasteiger partial charge in [-0.15, -0.1) is 0 Å². The summed E-state index contributed by atoms with van der Waals surface area (Å²) in [5, 5.41) is 0. The van der Waals surface area contributed by atoms with Gasteiger partial charge < -0.3 is 9.47 Å². The molecule has 4 heteroatoms. The molecule has 1 aliphatic carbocycles. The number of Topliss-reactive ketones (excluding diaryl/α,β-unsaturated/α-hetero) is 1. The molecule has 1 unspecified atom stereocenters. The fraction of sp³-hybridized carbons (Fsp3) is 0.458. The van der Waals surface area contributed by atoms with E-state index in [0.29, 0.717) is 0 Å². The zero-order valence-electron chi connectivity index (χ0n) is 34.1. The zero-order valence-corrected chi connectivity index (χ0v) is 15.1. The number of carbonyl (C=O) groups excluding carboxylic acids is 1. The van der Waals surface area contributed by atoms with Crippen LogP contribution in [0.3, 0.4) is 0 Å². The Morgan fingerprint density at radius 2 is 1.86 bits per heavy atom. The van der Waals surface area contributed by atoms with Gasteiger partial charge in [0.25, 0.3) is 0 Å². The summed E-state index contributed by atoms with van der Waals surface area (Å²) in [6.07, 6.45) is -10.4. The summed E-state index contributed by atoms with van der Waals surface area (Å²) in [4.78, 5) is 13.1. The maximum atomic E-state index is 13.7. The average Bonchev–Trinajstić information content (AvgIpc) is 3.21. The average molecular weight is 399 g/mol. The highest BCUT2D eigenvalue weighted by molar-refractivity contribution is 6.02. The van der Waals surface area contributed by atoms with Crippen LogP contribution in [-0.4, -0.2) is 37.9 Å². The first-order chi connectivity index (χ1) is 21.1. The van der Waals surface area contributed by atoms with Crippen LogP contribution in [0, 0.1) is 11.8 Å². The van der Waals surface area contributed by atoms with Crippen molar-refractivity contribution < 1.29 is 40.3 Å². The third kappa shape index (κ3) is 3.93. The first-order valence-electron chi connectivity index (χ1n) is 17.8. The quantitative estimate of drug-likeness (QED) is 0.725. The summed E-state index contributed by atoms with van der Waals surface area (Å²) in [5.41, 5.74) is -2.11. The van der Waals surface area contributed by atoms with E-state index in [0.717, 1.165) is 14.2 Å². The molecule has 2 aromatic rings. The number of nitrogens with zero attached hydrogens (tertiary/aromatic N) is 1. The number of carbonyl (C=O) groups is 1. The van der Waals surface area contributed by atoms with Crippen molar-refractivity contribution in [3.8, 4) is 11.5 Å². The number of ketones is 1. The van der Waals surface area contributed by atoms with Crippen molar-refractivity contribution in [3.05, 3.63) is 59.0 Å². The molecule has 28 heavy (non-hydrogen) atoms. The molecule has 0 N–H and O–H groups in total. The lowest BCUT2D eigenvalue weighted by Gasteiger charge is -2.32. The highest BCUT2D eigenvalue weighted by atomic mass is 16.5. The Hall–Kier alpha value is -2.33. The lowest BCUT2D eigenvalue weighted by molar-refractivity contribution is 0.0895. The van der Waals surface area contributed by atoms with Crippen LogP contribution in [0.25, 0.3) is 0 Å². The number of hydrogen-bond donors (Lipinski definition) is 0. The van der Waals surface area contributed by atoms with Crippen LogP contribution in [0.2, 0.25) is 0 Å². The SMILES string of the molecule is [2H]c1c([2H])c([2H])c(C([2H])([2H])N2C([2H])([2H])C([2H])([2H])C([2H])(CC3([2H])Cc4c([2H])c(OC)c(OC)c([2H])c4C3=O)C([2H])([2H])C2([2H])[2H])c([2H])c1[2H]. The van der Waals surface area contributed by atoms with Crippen LogP contribution in [-0.2, 0) is 12.9 Å². The van der Waals surface area contributed by atoms with Gasteiger partial charge in [0, 0.05) is 34.4 Å². The minimum atomic E-state index is -4.07. The molecule has 0 saturated carbocycles. The minimum Gasteiger partial charge on any atom is -0.493 e. The predicted octanol–water partition coefficient (Wildman–Crippen LogP) is 4.36. The standard InChI is InChI=1S/C24H29NO3/c1-27-22-14-19-13-20(24(26)21(19)15-23(22)28-2)12-17-8-10-25(11-9-17)16-18-6-4-3-5-7-18/h3-7,14-15,17,20H,8-13,16H2,1-2H3/i3D,4D,5D,6D,7D,8D2,9D2,10D2,11D2,14D,15D,16D2,17D,20D. The Bertz CT molecular complexity index is 1640. The maximum Gasteiger partial charge on any atom is 0.166 e. The van der Waals surface area contributed by atoms with Gasteiger partial charge >= 0.3 is 0 Å². The van der Waals surface area contributed by atoms with E-state index in [2.05, 4.69) is 0 Å². The highest BCUT2D eigenvalue weighted by Gasteiger charge is 2.34. The van der Waals surface area contributed by atoms with Crippen molar-refractivity contribution in [2.24, 2.45) is 11.8 Å². The van der Waals surface area contributed by atoms with E-state index >= 15 is 0 Å². The predicted molar refractivity (Wildman–Crippen MR) is 110 cm³/mol. The Balaban J connectivity index is 1.94. The summed E-state index contributed by atoms with van der Waals surface area (Å²) < 4.78 is 173. The van der Waals surface area contributed by atoms with Crippen LogP contribution in [0.1, 0.15) is 66.7 Å². The van der Waals surface area contributed by atoms with E-state index in [1.165, 1.54) is 0 Å². The summed E-state index contributed by atoms with van der Waals surface area (Å²) >= 11 is 0. The number of rotatable bonds is 6. The van der Waals surface area contributed by atoms with E-state index in [1.807, 2.05) is 0 Å². The fourth-order valence-electron chi connectivity index (χ4n) is 2.81. The van der Waals surface area contributed by atoms with Gasteiger partial charge in [-0.25, -0.2) is 0 Å². The lowest BCUT2D eigenvalue weighted by Crippen LogP contribution is -2.34. The van der Waals surface area contributed by atoms with E-state index < -0.39 is 121 Å². The molecule has 0 amide bonds. The number of benzene rings is 2. The summed E-state index contributed by atoms with van der Waals surface area (Å²) in [7, 11) is 2.27. The molecule has 0 radical (unpaired) electrons. The molecule has 1 saturated heterocycles. The normalized spacial score (nSPS) is 41.5. The smallest absolute Gasteiger partial charge is 0.166 e. The molecule has 4 rings (SSSR count). The van der Waals surface area contributed by atoms with Crippen LogP contribution in [0.15, 0.2) is 42.3 Å². The molecule has 0 aromatic heterocycles. The van der Waals surface area contributed by atoms with E-state index in [4.69, 9.17) is 35.5 Å². The van der Waals surface area contributed by atoms with Crippen molar-refractivity contribution in [1.29, 1.82) is 0 Å². The highest BCUT2D eigenvalue weighted by Crippen LogP contribution is 2.39. The molecule has 1 fully saturated rings. The van der Waals surface area contributed by atoms with Gasteiger partial charge in [-0.05, 0) is 67.7 Å². The molecule has 0 spiro atoms. The van der Waals surface area contributed by atoms with Crippen LogP contribution in [0.5, 0.6) is 11.5 Å². The van der Waals surface area contributed by atoms with Gasteiger partial charge in [0.2, 0.25) is 0 Å². The van der Waals surface area contributed by atoms with Gasteiger partial charge in [-0.1, -0.05) is 30.2 Å². The van der Waals surface area contributed by atoms with Gasteiger partial charge in [0.15, 0.2) is 17.3 Å². The monoisotopic (exact) mass is 398 g/mol. The molecular weight excluding hydrogens is 350 g/mol. The van der Waals surface area contributed by atoms with Crippen molar-refractivity contribution in [1.82, 2.24) is 4.90 Å². The van der Waals surface area contributed by atoms with Gasteiger partial charge in [0.1, 0.15) is 0 Å². The number of fused-ring (bicyclic) bond motifs is 1. The molecule has 148 valence electrons. The summed E-state index contributed by atoms with van der Waals surface area (Å²) in [6.45, 7) is -12.0. The molecule has 4 nitrogen and oxygen atoms in total. The lowest BCUT2D eigenvalue weighted by atomic mass is 9.85. The second-order valence-corrected chi connectivity index (χ2v) is 5.86. The Kier molecular flexibility index (Phi) is 2.05. The topological polar surface area (TPSA) is 38.8 Å². The molecule has 2 aromatic carbocycles. The number of hydrogen-bond acceptors (Lipinski definition) is 4.